The summed E-state index contributed by atoms with van der Waals surface area (Å²) in [6.07, 6.45) is 72.6. The number of rotatable bonds is 62. The molecule has 424 valence electrons. The van der Waals surface area contributed by atoms with E-state index in [2.05, 4.69) is 27.7 Å². The molecule has 0 aromatic heterocycles. The maximum Gasteiger partial charge on any atom is 0.306 e. The molecular formula is C66H130O4S. The van der Waals surface area contributed by atoms with E-state index in [1.54, 1.807) is 0 Å². The van der Waals surface area contributed by atoms with Crippen molar-refractivity contribution < 1.29 is 19.1 Å². The van der Waals surface area contributed by atoms with Gasteiger partial charge in [0.2, 0.25) is 0 Å². The summed E-state index contributed by atoms with van der Waals surface area (Å²) < 4.78 is 11.8. The van der Waals surface area contributed by atoms with Crippen LogP contribution in [0.1, 0.15) is 387 Å². The lowest BCUT2D eigenvalue weighted by molar-refractivity contribution is -0.144. The van der Waals surface area contributed by atoms with Crippen LogP contribution in [0.2, 0.25) is 0 Å². The number of carbonyl (C=O) groups is 2. The topological polar surface area (TPSA) is 52.6 Å². The van der Waals surface area contributed by atoms with Crippen LogP contribution in [-0.4, -0.2) is 35.7 Å². The third-order valence-electron chi connectivity index (χ3n) is 15.5. The molecule has 0 aromatic rings. The molecule has 71 heavy (non-hydrogen) atoms. The third-order valence-corrected chi connectivity index (χ3v) is 17.0. The zero-order chi connectivity index (χ0) is 51.4. The summed E-state index contributed by atoms with van der Waals surface area (Å²) in [5.74, 6) is -0.0569. The molecule has 0 heterocycles. The van der Waals surface area contributed by atoms with Crippen molar-refractivity contribution in [1.29, 1.82) is 0 Å². The highest BCUT2D eigenvalue weighted by Crippen LogP contribution is 2.32. The Kier molecular flexibility index (Phi) is 61.2. The molecule has 0 aromatic carbocycles. The van der Waals surface area contributed by atoms with Crippen LogP contribution in [0, 0.1) is 0 Å². The number of hydrogen-bond donors (Lipinski definition) is 0. The maximum atomic E-state index is 13.4. The van der Waals surface area contributed by atoms with E-state index in [9.17, 15) is 9.59 Å². The van der Waals surface area contributed by atoms with E-state index in [1.165, 1.54) is 295 Å². The molecule has 0 fully saturated rings. The van der Waals surface area contributed by atoms with Gasteiger partial charge >= 0.3 is 11.9 Å². The third kappa shape index (κ3) is 58.4. The molecule has 0 aliphatic carbocycles. The van der Waals surface area contributed by atoms with Crippen LogP contribution in [0.3, 0.4) is 0 Å². The first kappa shape index (κ1) is 70.3. The average Bonchev–Trinajstić information content (AvgIpc) is 3.36. The molecule has 0 aliphatic rings. The van der Waals surface area contributed by atoms with E-state index < -0.39 is 0 Å². The first-order valence-corrected chi connectivity index (χ1v) is 34.0. The van der Waals surface area contributed by atoms with Crippen LogP contribution in [0.15, 0.2) is 0 Å². The van der Waals surface area contributed by atoms with E-state index in [0.29, 0.717) is 26.1 Å². The fourth-order valence-corrected chi connectivity index (χ4v) is 12.2. The van der Waals surface area contributed by atoms with Crippen LogP contribution in [0.5, 0.6) is 0 Å². The van der Waals surface area contributed by atoms with Crippen molar-refractivity contribution in [3.05, 3.63) is 0 Å². The summed E-state index contributed by atoms with van der Waals surface area (Å²) in [5.41, 5.74) is 0. The SMILES string of the molecule is CCCCCCCCCCCCCCCCCCOC(=O)CC(CCCCCCCCCCCC)SC(CCCCCCCCCCCC)CC(=O)OCCCCCCCCCCCCCCCCCC. The summed E-state index contributed by atoms with van der Waals surface area (Å²) in [4.78, 5) is 26.8. The van der Waals surface area contributed by atoms with Gasteiger partial charge < -0.3 is 9.47 Å². The Labute approximate surface area is 451 Å². The molecule has 0 radical (unpaired) electrons. The monoisotopic (exact) mass is 1020 g/mol. The molecule has 2 atom stereocenters. The lowest BCUT2D eigenvalue weighted by Crippen LogP contribution is -2.21. The van der Waals surface area contributed by atoms with Gasteiger partial charge in [0.05, 0.1) is 26.1 Å². The zero-order valence-electron chi connectivity index (χ0n) is 49.2. The van der Waals surface area contributed by atoms with E-state index in [1.807, 2.05) is 11.8 Å². The lowest BCUT2D eigenvalue weighted by atomic mass is 10.0. The van der Waals surface area contributed by atoms with E-state index in [4.69, 9.17) is 9.47 Å². The van der Waals surface area contributed by atoms with E-state index >= 15 is 0 Å². The highest BCUT2D eigenvalue weighted by Gasteiger charge is 2.23. The van der Waals surface area contributed by atoms with Crippen molar-refractivity contribution in [2.75, 3.05) is 13.2 Å². The van der Waals surface area contributed by atoms with Gasteiger partial charge in [-0.3, -0.25) is 9.59 Å². The summed E-state index contributed by atoms with van der Waals surface area (Å²) in [6.45, 7) is 10.3. The fraction of sp³-hybridized carbons (Fsp3) is 0.970. The molecule has 0 amide bonds. The maximum absolute atomic E-state index is 13.4. The second kappa shape index (κ2) is 61.8. The molecule has 0 saturated carbocycles. The van der Waals surface area contributed by atoms with Gasteiger partial charge in [0.15, 0.2) is 0 Å². The summed E-state index contributed by atoms with van der Waals surface area (Å²) in [7, 11) is 0. The lowest BCUT2D eigenvalue weighted by Gasteiger charge is -2.23. The molecular weight excluding hydrogens is 889 g/mol. The largest absolute Gasteiger partial charge is 0.466 e. The fourth-order valence-electron chi connectivity index (χ4n) is 10.6. The van der Waals surface area contributed by atoms with E-state index in [0.717, 1.165) is 51.4 Å². The van der Waals surface area contributed by atoms with Gasteiger partial charge in [0, 0.05) is 10.5 Å². The minimum atomic E-state index is -0.0284. The molecule has 4 nitrogen and oxygen atoms in total. The molecule has 0 bridgehead atoms. The second-order valence-electron chi connectivity index (χ2n) is 22.8. The molecule has 0 saturated heterocycles. The first-order chi connectivity index (χ1) is 35.1. The second-order valence-corrected chi connectivity index (χ2v) is 24.4. The standard InChI is InChI=1S/C66H130O4S/c1-5-9-13-17-21-25-29-31-33-35-37-39-43-47-51-55-59-69-65(67)61-63(57-53-49-45-41-27-23-19-15-11-7-3)71-64(58-54-50-46-42-28-24-20-16-12-8-4)62-66(68)70-60-56-52-48-44-40-38-36-34-32-30-26-22-18-14-10-6-2/h63-64H,5-62H2,1-4H3. The van der Waals surface area contributed by atoms with Crippen LogP contribution < -0.4 is 0 Å². The van der Waals surface area contributed by atoms with Crippen molar-refractivity contribution >= 4 is 23.7 Å². The first-order valence-electron chi connectivity index (χ1n) is 33.0. The van der Waals surface area contributed by atoms with Crippen LogP contribution in [0.4, 0.5) is 0 Å². The quantitative estimate of drug-likeness (QED) is 0.0449. The Morgan fingerprint density at radius 3 is 0.620 bits per heavy atom. The Morgan fingerprint density at radius 1 is 0.254 bits per heavy atom. The smallest absolute Gasteiger partial charge is 0.306 e. The van der Waals surface area contributed by atoms with Gasteiger partial charge in [-0.05, 0) is 25.7 Å². The van der Waals surface area contributed by atoms with Crippen molar-refractivity contribution in [2.24, 2.45) is 0 Å². The van der Waals surface area contributed by atoms with Crippen molar-refractivity contribution in [3.8, 4) is 0 Å². The van der Waals surface area contributed by atoms with Crippen molar-refractivity contribution in [2.45, 2.75) is 398 Å². The van der Waals surface area contributed by atoms with Crippen LogP contribution in [-0.2, 0) is 19.1 Å². The number of carbonyl (C=O) groups excluding carboxylic acids is 2. The highest BCUT2D eigenvalue weighted by molar-refractivity contribution is 8.00. The minimum Gasteiger partial charge on any atom is -0.466 e. The minimum absolute atomic E-state index is 0.0284. The Balaban J connectivity index is 4.89. The Morgan fingerprint density at radius 2 is 0.423 bits per heavy atom. The van der Waals surface area contributed by atoms with E-state index in [-0.39, 0.29) is 22.4 Å². The molecule has 0 aliphatic heterocycles. The van der Waals surface area contributed by atoms with Gasteiger partial charge in [0.25, 0.3) is 0 Å². The van der Waals surface area contributed by atoms with Gasteiger partial charge in [-0.1, -0.05) is 349 Å². The van der Waals surface area contributed by atoms with Crippen molar-refractivity contribution in [1.82, 2.24) is 0 Å². The predicted octanol–water partition coefficient (Wildman–Crippen LogP) is 23.5. The number of ether oxygens (including phenoxy) is 2. The summed E-state index contributed by atoms with van der Waals surface area (Å²) in [6, 6.07) is 0. The highest BCUT2D eigenvalue weighted by atomic mass is 32.2. The molecule has 0 N–H and O–H groups in total. The summed E-state index contributed by atoms with van der Waals surface area (Å²) in [5, 5.41) is 0.423. The number of unbranched alkanes of at least 4 members (excludes halogenated alkanes) is 48. The molecule has 0 rings (SSSR count). The number of thioether (sulfide) groups is 1. The molecule has 2 unspecified atom stereocenters. The predicted molar refractivity (Wildman–Crippen MR) is 318 cm³/mol. The normalized spacial score (nSPS) is 12.5. The summed E-state index contributed by atoms with van der Waals surface area (Å²) >= 11 is 1.93. The Bertz CT molecular complexity index is 940. The van der Waals surface area contributed by atoms with Gasteiger partial charge in [0.1, 0.15) is 0 Å². The Hall–Kier alpha value is -0.710. The van der Waals surface area contributed by atoms with Gasteiger partial charge in [-0.25, -0.2) is 0 Å². The zero-order valence-corrected chi connectivity index (χ0v) is 50.0. The van der Waals surface area contributed by atoms with Crippen LogP contribution >= 0.6 is 11.8 Å². The average molecular weight is 1020 g/mol. The van der Waals surface area contributed by atoms with Gasteiger partial charge in [-0.2, -0.15) is 11.8 Å². The number of hydrogen-bond acceptors (Lipinski definition) is 5. The van der Waals surface area contributed by atoms with Crippen LogP contribution in [0.25, 0.3) is 0 Å². The van der Waals surface area contributed by atoms with Crippen molar-refractivity contribution in [3.63, 3.8) is 0 Å². The van der Waals surface area contributed by atoms with Gasteiger partial charge in [-0.15, -0.1) is 0 Å². The molecule has 5 heteroatoms. The molecule has 0 spiro atoms. The number of esters is 2.